The summed E-state index contributed by atoms with van der Waals surface area (Å²) in [6.45, 7) is 2.70. The summed E-state index contributed by atoms with van der Waals surface area (Å²) in [7, 11) is 1.64. The lowest BCUT2D eigenvalue weighted by molar-refractivity contribution is -0.384. The molecule has 7 heteroatoms. The Hall–Kier alpha value is -3.27. The Morgan fingerprint density at radius 1 is 1.08 bits per heavy atom. The standard InChI is InChI=1S/C18H18N4O3/c1-25-18-5-3-2-4-16(18)20-8-10-21(11-9-20)17-12-14(13-19)6-7-15(17)22(23)24/h2-7,12H,8-11H2,1H3. The zero-order chi connectivity index (χ0) is 17.8. The molecule has 0 amide bonds. The first-order chi connectivity index (χ1) is 12.1. The lowest BCUT2D eigenvalue weighted by atomic mass is 10.1. The van der Waals surface area contributed by atoms with Crippen molar-refractivity contribution < 1.29 is 9.66 Å². The van der Waals surface area contributed by atoms with Crippen molar-refractivity contribution in [2.24, 2.45) is 0 Å². The molecule has 0 N–H and O–H groups in total. The van der Waals surface area contributed by atoms with Crippen molar-refractivity contribution in [1.29, 1.82) is 5.26 Å². The van der Waals surface area contributed by atoms with Crippen LogP contribution >= 0.6 is 0 Å². The maximum absolute atomic E-state index is 11.3. The van der Waals surface area contributed by atoms with E-state index in [0.29, 0.717) is 37.4 Å². The summed E-state index contributed by atoms with van der Waals surface area (Å²) >= 11 is 0. The molecule has 0 aromatic heterocycles. The number of nitrogens with zero attached hydrogens (tertiary/aromatic N) is 4. The fourth-order valence-electron chi connectivity index (χ4n) is 3.08. The summed E-state index contributed by atoms with van der Waals surface area (Å²) in [4.78, 5) is 15.1. The number of benzene rings is 2. The second-order valence-electron chi connectivity index (χ2n) is 5.72. The van der Waals surface area contributed by atoms with Crippen LogP contribution in [0, 0.1) is 21.4 Å². The van der Waals surface area contributed by atoms with E-state index in [9.17, 15) is 10.1 Å². The van der Waals surface area contributed by atoms with Crippen molar-refractivity contribution in [3.63, 3.8) is 0 Å². The van der Waals surface area contributed by atoms with Gasteiger partial charge in [-0.2, -0.15) is 5.26 Å². The molecule has 0 bridgehead atoms. The molecule has 0 spiro atoms. The molecule has 25 heavy (non-hydrogen) atoms. The SMILES string of the molecule is COc1ccccc1N1CCN(c2cc(C#N)ccc2[N+](=O)[O-])CC1. The van der Waals surface area contributed by atoms with Crippen LogP contribution in [-0.2, 0) is 0 Å². The predicted molar refractivity (Wildman–Crippen MR) is 95.2 cm³/mol. The topological polar surface area (TPSA) is 82.6 Å². The molecule has 2 aromatic rings. The number of piperazine rings is 1. The van der Waals surface area contributed by atoms with Gasteiger partial charge in [-0.05, 0) is 24.3 Å². The van der Waals surface area contributed by atoms with Crippen LogP contribution < -0.4 is 14.5 Å². The molecule has 1 aliphatic heterocycles. The molecule has 1 aliphatic rings. The average molecular weight is 338 g/mol. The van der Waals surface area contributed by atoms with E-state index in [1.54, 1.807) is 13.2 Å². The molecule has 128 valence electrons. The fourth-order valence-corrected chi connectivity index (χ4v) is 3.08. The van der Waals surface area contributed by atoms with E-state index in [4.69, 9.17) is 10.00 Å². The van der Waals surface area contributed by atoms with Gasteiger partial charge in [0.2, 0.25) is 0 Å². The van der Waals surface area contributed by atoms with E-state index >= 15 is 0 Å². The first-order valence-electron chi connectivity index (χ1n) is 7.95. The number of hydrogen-bond acceptors (Lipinski definition) is 6. The number of ether oxygens (including phenoxy) is 1. The number of nitro groups is 1. The fraction of sp³-hybridized carbons (Fsp3) is 0.278. The van der Waals surface area contributed by atoms with E-state index in [1.807, 2.05) is 35.2 Å². The third-order valence-corrected chi connectivity index (χ3v) is 4.35. The first kappa shape index (κ1) is 16.6. The maximum atomic E-state index is 11.3. The molecular formula is C18H18N4O3. The van der Waals surface area contributed by atoms with Gasteiger partial charge in [-0.1, -0.05) is 12.1 Å². The molecule has 7 nitrogen and oxygen atoms in total. The third-order valence-electron chi connectivity index (χ3n) is 4.35. The highest BCUT2D eigenvalue weighted by atomic mass is 16.6. The smallest absolute Gasteiger partial charge is 0.292 e. The summed E-state index contributed by atoms with van der Waals surface area (Å²) in [6.07, 6.45) is 0. The highest BCUT2D eigenvalue weighted by molar-refractivity contribution is 5.67. The van der Waals surface area contributed by atoms with Crippen molar-refractivity contribution in [3.05, 3.63) is 58.1 Å². The van der Waals surface area contributed by atoms with Gasteiger partial charge >= 0.3 is 0 Å². The maximum Gasteiger partial charge on any atom is 0.292 e. The largest absolute Gasteiger partial charge is 0.495 e. The van der Waals surface area contributed by atoms with E-state index < -0.39 is 4.92 Å². The van der Waals surface area contributed by atoms with Crippen LogP contribution in [0.5, 0.6) is 5.75 Å². The second-order valence-corrected chi connectivity index (χ2v) is 5.72. The van der Waals surface area contributed by atoms with Gasteiger partial charge in [0, 0.05) is 32.2 Å². The molecular weight excluding hydrogens is 320 g/mol. The van der Waals surface area contributed by atoms with Crippen molar-refractivity contribution in [2.75, 3.05) is 43.1 Å². The number of hydrogen-bond donors (Lipinski definition) is 0. The van der Waals surface area contributed by atoms with Crippen LogP contribution in [0.1, 0.15) is 5.56 Å². The molecule has 2 aromatic carbocycles. The lowest BCUT2D eigenvalue weighted by Crippen LogP contribution is -2.46. The highest BCUT2D eigenvalue weighted by Crippen LogP contribution is 2.32. The Kier molecular flexibility index (Phi) is 4.70. The second kappa shape index (κ2) is 7.09. The number of anilines is 2. The summed E-state index contributed by atoms with van der Waals surface area (Å²) in [5.74, 6) is 0.813. The van der Waals surface area contributed by atoms with Crippen LogP contribution in [0.3, 0.4) is 0 Å². The Balaban J connectivity index is 1.81. The minimum Gasteiger partial charge on any atom is -0.495 e. The zero-order valence-corrected chi connectivity index (χ0v) is 13.9. The number of methoxy groups -OCH3 is 1. The molecule has 1 saturated heterocycles. The number of nitriles is 1. The van der Waals surface area contributed by atoms with Crippen LogP contribution in [0.4, 0.5) is 17.1 Å². The highest BCUT2D eigenvalue weighted by Gasteiger charge is 2.25. The number of para-hydroxylation sites is 2. The van der Waals surface area contributed by atoms with Gasteiger partial charge in [0.15, 0.2) is 0 Å². The minimum atomic E-state index is -0.400. The monoisotopic (exact) mass is 338 g/mol. The Labute approximate surface area is 145 Å². The molecule has 1 fully saturated rings. The zero-order valence-electron chi connectivity index (χ0n) is 13.9. The van der Waals surface area contributed by atoms with Crippen LogP contribution in [0.15, 0.2) is 42.5 Å². The van der Waals surface area contributed by atoms with Crippen molar-refractivity contribution >= 4 is 17.1 Å². The first-order valence-corrected chi connectivity index (χ1v) is 7.95. The summed E-state index contributed by atoms with van der Waals surface area (Å²) in [5.41, 5.74) is 1.98. The van der Waals surface area contributed by atoms with Gasteiger partial charge in [0.1, 0.15) is 11.4 Å². The van der Waals surface area contributed by atoms with Crippen molar-refractivity contribution in [1.82, 2.24) is 0 Å². The molecule has 3 rings (SSSR count). The number of rotatable bonds is 4. The van der Waals surface area contributed by atoms with Crippen LogP contribution in [0.2, 0.25) is 0 Å². The molecule has 0 unspecified atom stereocenters. The number of nitro benzene ring substituents is 1. The van der Waals surface area contributed by atoms with E-state index in [1.165, 1.54) is 12.1 Å². The summed E-state index contributed by atoms with van der Waals surface area (Å²) in [6, 6.07) is 14.3. The molecule has 0 atom stereocenters. The Morgan fingerprint density at radius 2 is 1.72 bits per heavy atom. The normalized spacial score (nSPS) is 14.1. The van der Waals surface area contributed by atoms with Gasteiger partial charge < -0.3 is 14.5 Å². The summed E-state index contributed by atoms with van der Waals surface area (Å²) in [5, 5.41) is 20.4. The molecule has 0 aliphatic carbocycles. The van der Waals surface area contributed by atoms with Gasteiger partial charge in [0.25, 0.3) is 5.69 Å². The third kappa shape index (κ3) is 3.33. The Bertz CT molecular complexity index is 823. The lowest BCUT2D eigenvalue weighted by Gasteiger charge is -2.37. The summed E-state index contributed by atoms with van der Waals surface area (Å²) < 4.78 is 5.41. The Morgan fingerprint density at radius 3 is 2.32 bits per heavy atom. The van der Waals surface area contributed by atoms with E-state index in [2.05, 4.69) is 4.90 Å². The van der Waals surface area contributed by atoms with Gasteiger partial charge in [0.05, 0.1) is 29.4 Å². The van der Waals surface area contributed by atoms with E-state index in [0.717, 1.165) is 11.4 Å². The average Bonchev–Trinajstić information content (AvgIpc) is 2.67. The van der Waals surface area contributed by atoms with Crippen LogP contribution in [-0.4, -0.2) is 38.2 Å². The minimum absolute atomic E-state index is 0.0322. The van der Waals surface area contributed by atoms with Crippen molar-refractivity contribution in [2.45, 2.75) is 0 Å². The van der Waals surface area contributed by atoms with Gasteiger partial charge in [-0.25, -0.2) is 0 Å². The van der Waals surface area contributed by atoms with Crippen molar-refractivity contribution in [3.8, 4) is 11.8 Å². The van der Waals surface area contributed by atoms with Gasteiger partial charge in [-0.3, -0.25) is 10.1 Å². The van der Waals surface area contributed by atoms with E-state index in [-0.39, 0.29) is 5.69 Å². The van der Waals surface area contributed by atoms with Gasteiger partial charge in [-0.15, -0.1) is 0 Å². The molecule has 0 radical (unpaired) electrons. The van der Waals surface area contributed by atoms with Crippen LogP contribution in [0.25, 0.3) is 0 Å². The molecule has 0 saturated carbocycles. The predicted octanol–water partition coefficient (Wildman–Crippen LogP) is 2.80. The quantitative estimate of drug-likeness (QED) is 0.630. The molecule has 1 heterocycles.